The number of phenolic OH excluding ortho intramolecular Hbond substituents is 1. The molecule has 0 aromatic heterocycles. The van der Waals surface area contributed by atoms with Crippen LogP contribution in [-0.4, -0.2) is 25.2 Å². The van der Waals surface area contributed by atoms with Crippen molar-refractivity contribution in [3.8, 4) is 5.75 Å². The number of nitrogens with one attached hydrogen (secondary N) is 1. The van der Waals surface area contributed by atoms with Crippen LogP contribution in [0.2, 0.25) is 0 Å². The van der Waals surface area contributed by atoms with Crippen molar-refractivity contribution in [2.45, 2.75) is 50.1 Å². The molecule has 5 nitrogen and oxygen atoms in total. The summed E-state index contributed by atoms with van der Waals surface area (Å²) in [4.78, 5) is 12.3. The van der Waals surface area contributed by atoms with E-state index in [1.165, 1.54) is 12.1 Å². The van der Waals surface area contributed by atoms with Crippen molar-refractivity contribution in [1.29, 1.82) is 0 Å². The number of aromatic hydroxyl groups is 1. The molecule has 0 aliphatic heterocycles. The third-order valence-electron chi connectivity index (χ3n) is 4.54. The number of unbranched alkanes of at least 4 members (excludes halogenated alkanes) is 4. The number of alkyl halides is 3. The van der Waals surface area contributed by atoms with Crippen LogP contribution >= 0.6 is 0 Å². The molecule has 30 heavy (non-hydrogen) atoms. The lowest BCUT2D eigenvalue weighted by Crippen LogP contribution is -2.15. The maximum atomic E-state index is 12.8. The summed E-state index contributed by atoms with van der Waals surface area (Å²) in [5.41, 5.74) is -1.40. The molecule has 0 unspecified atom stereocenters. The zero-order chi connectivity index (χ0) is 22.4. The number of carbonyl (C=O) groups excluding carboxylic acids is 1. The van der Waals surface area contributed by atoms with Crippen LogP contribution < -0.4 is 5.32 Å². The summed E-state index contributed by atoms with van der Waals surface area (Å²) in [6, 6.07) is 7.36. The van der Waals surface area contributed by atoms with Gasteiger partial charge < -0.3 is 10.4 Å². The fourth-order valence-corrected chi connectivity index (χ4v) is 4.27. The monoisotopic (exact) mass is 443 g/mol. The Hall–Kier alpha value is -2.55. The average molecular weight is 443 g/mol. The fourth-order valence-electron chi connectivity index (χ4n) is 2.88. The number of phenols is 1. The molecule has 0 saturated heterocycles. The van der Waals surface area contributed by atoms with E-state index in [0.29, 0.717) is 6.42 Å². The Bertz CT molecular complexity index is 988. The number of hydrogen-bond acceptors (Lipinski definition) is 4. The van der Waals surface area contributed by atoms with E-state index in [9.17, 15) is 31.5 Å². The van der Waals surface area contributed by atoms with Crippen molar-refractivity contribution < 1.29 is 31.5 Å². The molecule has 2 rings (SSSR count). The Morgan fingerprint density at radius 3 is 2.40 bits per heavy atom. The van der Waals surface area contributed by atoms with E-state index in [1.807, 2.05) is 0 Å². The van der Waals surface area contributed by atoms with Gasteiger partial charge in [-0.3, -0.25) is 4.79 Å². The summed E-state index contributed by atoms with van der Waals surface area (Å²) in [5, 5.41) is 12.2. The first kappa shape index (κ1) is 23.7. The molecule has 0 aliphatic carbocycles. The molecule has 0 heterocycles. The van der Waals surface area contributed by atoms with E-state index in [1.54, 1.807) is 0 Å². The summed E-state index contributed by atoms with van der Waals surface area (Å²) in [6.07, 6.45) is -0.322. The highest BCUT2D eigenvalue weighted by Crippen LogP contribution is 2.31. The number of benzene rings is 2. The molecule has 0 spiro atoms. The second-order valence-corrected chi connectivity index (χ2v) is 9.05. The SMILES string of the molecule is CCCCCCCS(=O)(=O)c1ccc(O)c(C(=O)Nc2cccc(C(F)(F)F)c2)c1. The highest BCUT2D eigenvalue weighted by Gasteiger charge is 2.30. The molecule has 2 aromatic carbocycles. The highest BCUT2D eigenvalue weighted by atomic mass is 32.2. The predicted octanol–water partition coefficient (Wildman–Crippen LogP) is 5.41. The summed E-state index contributed by atoms with van der Waals surface area (Å²) in [5.74, 6) is -1.47. The molecule has 0 atom stereocenters. The Kier molecular flexibility index (Phi) is 7.89. The molecular formula is C21H24F3NO4S. The zero-order valence-electron chi connectivity index (χ0n) is 16.5. The number of amides is 1. The minimum Gasteiger partial charge on any atom is -0.507 e. The summed E-state index contributed by atoms with van der Waals surface area (Å²) in [7, 11) is -3.66. The topological polar surface area (TPSA) is 83.5 Å². The largest absolute Gasteiger partial charge is 0.507 e. The molecule has 0 radical (unpaired) electrons. The molecule has 0 aliphatic rings. The van der Waals surface area contributed by atoms with Crippen LogP contribution in [-0.2, 0) is 16.0 Å². The van der Waals surface area contributed by atoms with Crippen LogP contribution in [0.4, 0.5) is 18.9 Å². The van der Waals surface area contributed by atoms with Crippen molar-refractivity contribution in [3.63, 3.8) is 0 Å². The third kappa shape index (κ3) is 6.48. The van der Waals surface area contributed by atoms with E-state index in [4.69, 9.17) is 0 Å². The van der Waals surface area contributed by atoms with Crippen molar-refractivity contribution in [1.82, 2.24) is 0 Å². The predicted molar refractivity (Wildman–Crippen MR) is 108 cm³/mol. The number of sulfone groups is 1. The zero-order valence-corrected chi connectivity index (χ0v) is 17.3. The normalized spacial score (nSPS) is 12.0. The van der Waals surface area contributed by atoms with Crippen molar-refractivity contribution in [2.75, 3.05) is 11.1 Å². The van der Waals surface area contributed by atoms with E-state index in [-0.39, 0.29) is 21.9 Å². The second kappa shape index (κ2) is 9.97. The van der Waals surface area contributed by atoms with Gasteiger partial charge >= 0.3 is 6.18 Å². The van der Waals surface area contributed by atoms with Gasteiger partial charge in [-0.2, -0.15) is 13.2 Å². The summed E-state index contributed by atoms with van der Waals surface area (Å²) >= 11 is 0. The number of carbonyl (C=O) groups is 1. The molecule has 2 aromatic rings. The molecule has 0 fully saturated rings. The van der Waals surface area contributed by atoms with Gasteiger partial charge in [0, 0.05) is 5.69 Å². The van der Waals surface area contributed by atoms with Crippen LogP contribution in [0.15, 0.2) is 47.4 Å². The minimum absolute atomic E-state index is 0.0871. The lowest BCUT2D eigenvalue weighted by atomic mass is 10.1. The first-order valence-corrected chi connectivity index (χ1v) is 11.2. The maximum absolute atomic E-state index is 12.8. The van der Waals surface area contributed by atoms with E-state index >= 15 is 0 Å². The van der Waals surface area contributed by atoms with Crippen LogP contribution in [0.5, 0.6) is 5.75 Å². The number of hydrogen-bond donors (Lipinski definition) is 2. The lowest BCUT2D eigenvalue weighted by Gasteiger charge is -2.12. The summed E-state index contributed by atoms with van der Waals surface area (Å²) < 4.78 is 63.5. The molecule has 0 saturated carbocycles. The Labute approximate surface area is 173 Å². The number of rotatable bonds is 9. The van der Waals surface area contributed by atoms with Gasteiger partial charge in [0.1, 0.15) is 5.75 Å². The van der Waals surface area contributed by atoms with E-state index in [2.05, 4.69) is 12.2 Å². The van der Waals surface area contributed by atoms with Gasteiger partial charge in [0.2, 0.25) is 0 Å². The van der Waals surface area contributed by atoms with Crippen molar-refractivity contribution >= 4 is 21.4 Å². The minimum atomic E-state index is -4.58. The van der Waals surface area contributed by atoms with Crippen LogP contribution in [0.1, 0.15) is 54.9 Å². The van der Waals surface area contributed by atoms with Crippen LogP contribution in [0.25, 0.3) is 0 Å². The van der Waals surface area contributed by atoms with Gasteiger partial charge in [0.05, 0.1) is 21.8 Å². The molecule has 2 N–H and O–H groups in total. The second-order valence-electron chi connectivity index (χ2n) is 6.94. The Morgan fingerprint density at radius 1 is 1.03 bits per heavy atom. The molecular weight excluding hydrogens is 419 g/mol. The van der Waals surface area contributed by atoms with Gasteiger partial charge in [-0.1, -0.05) is 38.7 Å². The van der Waals surface area contributed by atoms with Gasteiger partial charge in [-0.05, 0) is 42.8 Å². The van der Waals surface area contributed by atoms with Crippen LogP contribution in [0.3, 0.4) is 0 Å². The van der Waals surface area contributed by atoms with Gasteiger partial charge in [0.25, 0.3) is 5.91 Å². The van der Waals surface area contributed by atoms with Crippen LogP contribution in [0, 0.1) is 0 Å². The number of halogens is 3. The van der Waals surface area contributed by atoms with Gasteiger partial charge in [-0.15, -0.1) is 0 Å². The van der Waals surface area contributed by atoms with Crippen molar-refractivity contribution in [2.24, 2.45) is 0 Å². The van der Waals surface area contributed by atoms with Gasteiger partial charge in [0.15, 0.2) is 9.84 Å². The molecule has 164 valence electrons. The first-order chi connectivity index (χ1) is 14.0. The molecule has 9 heteroatoms. The average Bonchev–Trinajstić information content (AvgIpc) is 2.67. The highest BCUT2D eigenvalue weighted by molar-refractivity contribution is 7.91. The third-order valence-corrected chi connectivity index (χ3v) is 6.33. The fraction of sp³-hybridized carbons (Fsp3) is 0.381. The summed E-state index contributed by atoms with van der Waals surface area (Å²) in [6.45, 7) is 2.05. The van der Waals surface area contributed by atoms with E-state index in [0.717, 1.165) is 56.0 Å². The molecule has 1 amide bonds. The lowest BCUT2D eigenvalue weighted by molar-refractivity contribution is -0.137. The number of anilines is 1. The van der Waals surface area contributed by atoms with E-state index < -0.39 is 33.2 Å². The Balaban J connectivity index is 2.17. The Morgan fingerprint density at radius 2 is 1.73 bits per heavy atom. The molecule has 0 bridgehead atoms. The first-order valence-electron chi connectivity index (χ1n) is 9.59. The quantitative estimate of drug-likeness (QED) is 0.508. The maximum Gasteiger partial charge on any atom is 0.416 e. The van der Waals surface area contributed by atoms with Crippen molar-refractivity contribution in [3.05, 3.63) is 53.6 Å². The standard InChI is InChI=1S/C21H24F3NO4S/c1-2-3-4-5-6-12-30(28,29)17-10-11-19(26)18(14-17)20(27)25-16-9-7-8-15(13-16)21(22,23)24/h7-11,13-14,26H,2-6,12H2,1H3,(H,25,27). The van der Waals surface area contributed by atoms with Gasteiger partial charge in [-0.25, -0.2) is 8.42 Å². The smallest absolute Gasteiger partial charge is 0.416 e.